The van der Waals surface area contributed by atoms with Crippen LogP contribution >= 0.6 is 11.3 Å². The topological polar surface area (TPSA) is 24.9 Å². The number of hydrogen-bond donors (Lipinski definition) is 1. The van der Waals surface area contributed by atoms with Gasteiger partial charge >= 0.3 is 0 Å². The second-order valence-electron chi connectivity index (χ2n) is 4.91. The van der Waals surface area contributed by atoms with Gasteiger partial charge in [0.25, 0.3) is 0 Å². The van der Waals surface area contributed by atoms with E-state index in [0.29, 0.717) is 5.41 Å². The minimum absolute atomic E-state index is 0.477. The first-order valence-electron chi connectivity index (χ1n) is 5.84. The Morgan fingerprint density at radius 1 is 1.67 bits per heavy atom. The minimum Gasteiger partial charge on any atom is -0.314 e. The molecule has 3 heteroatoms. The van der Waals surface area contributed by atoms with Gasteiger partial charge in [-0.05, 0) is 31.2 Å². The summed E-state index contributed by atoms with van der Waals surface area (Å²) in [4.78, 5) is 4.39. The third-order valence-electron chi connectivity index (χ3n) is 3.39. The third kappa shape index (κ3) is 2.79. The van der Waals surface area contributed by atoms with E-state index in [-0.39, 0.29) is 0 Å². The molecule has 1 aromatic rings. The molecule has 1 N–H and O–H groups in total. The van der Waals surface area contributed by atoms with Crippen molar-refractivity contribution in [3.8, 4) is 0 Å². The molecule has 0 spiro atoms. The summed E-state index contributed by atoms with van der Waals surface area (Å²) in [5.41, 5.74) is 0.477. The van der Waals surface area contributed by atoms with Crippen LogP contribution in [0.3, 0.4) is 0 Å². The molecule has 2 nitrogen and oxygen atoms in total. The van der Waals surface area contributed by atoms with Gasteiger partial charge in [-0.3, -0.25) is 0 Å². The van der Waals surface area contributed by atoms with Crippen molar-refractivity contribution >= 4 is 11.3 Å². The Morgan fingerprint density at radius 3 is 3.20 bits per heavy atom. The fourth-order valence-corrected chi connectivity index (χ4v) is 3.48. The highest BCUT2D eigenvalue weighted by Crippen LogP contribution is 2.40. The van der Waals surface area contributed by atoms with Crippen LogP contribution in [0.2, 0.25) is 0 Å². The van der Waals surface area contributed by atoms with E-state index >= 15 is 0 Å². The van der Waals surface area contributed by atoms with Gasteiger partial charge in [0.15, 0.2) is 0 Å². The molecule has 0 saturated heterocycles. The number of thiazole rings is 1. The highest BCUT2D eigenvalue weighted by atomic mass is 32.1. The molecule has 84 valence electrons. The molecule has 0 radical (unpaired) electrons. The van der Waals surface area contributed by atoms with Crippen molar-refractivity contribution in [3.63, 3.8) is 0 Å². The number of nitrogens with zero attached hydrogens (tertiary/aromatic N) is 1. The summed E-state index contributed by atoms with van der Waals surface area (Å²) in [6, 6.07) is 0.736. The lowest BCUT2D eigenvalue weighted by Crippen LogP contribution is -2.28. The average Bonchev–Trinajstić information content (AvgIpc) is 2.78. The van der Waals surface area contributed by atoms with Crippen LogP contribution in [0.5, 0.6) is 0 Å². The lowest BCUT2D eigenvalue weighted by Gasteiger charge is -2.22. The predicted molar refractivity (Wildman–Crippen MR) is 65.2 cm³/mol. The molecule has 0 aliphatic heterocycles. The maximum Gasteiger partial charge on any atom is 0.0930 e. The van der Waals surface area contributed by atoms with Gasteiger partial charge in [0.2, 0.25) is 0 Å². The monoisotopic (exact) mass is 224 g/mol. The van der Waals surface area contributed by atoms with E-state index in [4.69, 9.17) is 0 Å². The van der Waals surface area contributed by atoms with Gasteiger partial charge in [-0.1, -0.05) is 13.8 Å². The van der Waals surface area contributed by atoms with Gasteiger partial charge < -0.3 is 5.32 Å². The molecule has 1 heterocycles. The van der Waals surface area contributed by atoms with Crippen LogP contribution in [-0.4, -0.2) is 17.6 Å². The van der Waals surface area contributed by atoms with Crippen LogP contribution < -0.4 is 5.32 Å². The van der Waals surface area contributed by atoms with Gasteiger partial charge in [0.05, 0.1) is 5.01 Å². The highest BCUT2D eigenvalue weighted by Gasteiger charge is 2.35. The maximum atomic E-state index is 4.39. The van der Waals surface area contributed by atoms with Crippen molar-refractivity contribution in [2.45, 2.75) is 45.6 Å². The average molecular weight is 224 g/mol. The second kappa shape index (κ2) is 4.62. The van der Waals surface area contributed by atoms with Crippen LogP contribution in [0, 0.1) is 5.41 Å². The van der Waals surface area contributed by atoms with E-state index < -0.39 is 0 Å². The summed E-state index contributed by atoms with van der Waals surface area (Å²) in [6.45, 7) is 5.69. The Hall–Kier alpha value is -0.410. The van der Waals surface area contributed by atoms with Crippen LogP contribution in [-0.2, 0) is 6.42 Å². The summed E-state index contributed by atoms with van der Waals surface area (Å²) in [7, 11) is 0. The van der Waals surface area contributed by atoms with Gasteiger partial charge in [0, 0.05) is 24.0 Å². The Morgan fingerprint density at radius 2 is 2.53 bits per heavy atom. The molecule has 0 amide bonds. The van der Waals surface area contributed by atoms with Crippen LogP contribution in [0.15, 0.2) is 11.6 Å². The Balaban J connectivity index is 1.92. The standard InChI is InChI=1S/C12H20N2S/c1-3-13-10-4-5-12(2,8-10)9-11-14-6-7-15-11/h6-7,10,13H,3-5,8-9H2,1-2H3. The zero-order valence-electron chi connectivity index (χ0n) is 9.62. The summed E-state index contributed by atoms with van der Waals surface area (Å²) in [5.74, 6) is 0. The first-order valence-corrected chi connectivity index (χ1v) is 6.71. The molecule has 1 aliphatic carbocycles. The SMILES string of the molecule is CCNC1CCC(C)(Cc2nccs2)C1. The van der Waals surface area contributed by atoms with E-state index in [9.17, 15) is 0 Å². The molecule has 2 unspecified atom stereocenters. The fraction of sp³-hybridized carbons (Fsp3) is 0.750. The zero-order chi connectivity index (χ0) is 10.7. The number of rotatable bonds is 4. The zero-order valence-corrected chi connectivity index (χ0v) is 10.4. The number of hydrogen-bond acceptors (Lipinski definition) is 3. The Labute approximate surface area is 96.1 Å². The summed E-state index contributed by atoms with van der Waals surface area (Å²) in [5, 5.41) is 6.94. The van der Waals surface area contributed by atoms with Gasteiger partial charge in [-0.15, -0.1) is 11.3 Å². The van der Waals surface area contributed by atoms with E-state index in [2.05, 4.69) is 29.5 Å². The largest absolute Gasteiger partial charge is 0.314 e. The van der Waals surface area contributed by atoms with Gasteiger partial charge in [-0.25, -0.2) is 4.98 Å². The number of aromatic nitrogens is 1. The highest BCUT2D eigenvalue weighted by molar-refractivity contribution is 7.09. The van der Waals surface area contributed by atoms with Gasteiger partial charge in [-0.2, -0.15) is 0 Å². The van der Waals surface area contributed by atoms with Crippen molar-refractivity contribution < 1.29 is 0 Å². The quantitative estimate of drug-likeness (QED) is 0.850. The first-order chi connectivity index (χ1) is 7.22. The van der Waals surface area contributed by atoms with Gasteiger partial charge in [0.1, 0.15) is 0 Å². The molecule has 2 rings (SSSR count). The van der Waals surface area contributed by atoms with E-state index in [1.54, 1.807) is 11.3 Å². The van der Waals surface area contributed by atoms with Crippen molar-refractivity contribution in [2.75, 3.05) is 6.54 Å². The molecular weight excluding hydrogens is 204 g/mol. The van der Waals surface area contributed by atoms with E-state index in [0.717, 1.165) is 19.0 Å². The molecule has 1 saturated carbocycles. The maximum absolute atomic E-state index is 4.39. The lowest BCUT2D eigenvalue weighted by molar-refractivity contribution is 0.322. The second-order valence-corrected chi connectivity index (χ2v) is 5.89. The molecule has 1 aromatic heterocycles. The normalized spacial score (nSPS) is 30.9. The first kappa shape index (κ1) is 11.1. The van der Waals surface area contributed by atoms with Crippen molar-refractivity contribution in [2.24, 2.45) is 5.41 Å². The molecule has 1 fully saturated rings. The molecule has 0 aromatic carbocycles. The minimum atomic E-state index is 0.477. The van der Waals surface area contributed by atoms with Crippen molar-refractivity contribution in [1.29, 1.82) is 0 Å². The van der Waals surface area contributed by atoms with Crippen LogP contribution in [0.1, 0.15) is 38.1 Å². The molecule has 1 aliphatic rings. The van der Waals surface area contributed by atoms with E-state index in [1.165, 1.54) is 24.3 Å². The molecular formula is C12H20N2S. The Bertz CT molecular complexity index is 297. The molecule has 2 atom stereocenters. The van der Waals surface area contributed by atoms with Crippen LogP contribution in [0.4, 0.5) is 0 Å². The smallest absolute Gasteiger partial charge is 0.0930 e. The van der Waals surface area contributed by atoms with Crippen molar-refractivity contribution in [3.05, 3.63) is 16.6 Å². The predicted octanol–water partition coefficient (Wildman–Crippen LogP) is 2.85. The molecule has 0 bridgehead atoms. The third-order valence-corrected chi connectivity index (χ3v) is 4.17. The number of nitrogens with one attached hydrogen (secondary N) is 1. The van der Waals surface area contributed by atoms with Crippen molar-refractivity contribution in [1.82, 2.24) is 10.3 Å². The lowest BCUT2D eigenvalue weighted by atomic mass is 9.85. The molecule has 15 heavy (non-hydrogen) atoms. The Kier molecular flexibility index (Phi) is 3.42. The summed E-state index contributed by atoms with van der Waals surface area (Å²) >= 11 is 1.79. The summed E-state index contributed by atoms with van der Waals surface area (Å²) < 4.78 is 0. The van der Waals surface area contributed by atoms with E-state index in [1.807, 2.05) is 6.20 Å². The fourth-order valence-electron chi connectivity index (χ4n) is 2.65. The van der Waals surface area contributed by atoms with Crippen LogP contribution in [0.25, 0.3) is 0 Å². The summed E-state index contributed by atoms with van der Waals surface area (Å²) in [6.07, 6.45) is 7.05.